The van der Waals surface area contributed by atoms with E-state index in [1.165, 1.54) is 11.3 Å². The van der Waals surface area contributed by atoms with Gasteiger partial charge in [0.05, 0.1) is 49.3 Å². The van der Waals surface area contributed by atoms with Crippen LogP contribution in [-0.2, 0) is 4.79 Å². The number of hydrogen-bond acceptors (Lipinski definition) is 5. The van der Waals surface area contributed by atoms with Crippen LogP contribution < -0.4 is 11.1 Å². The number of nitrogens with one attached hydrogen (secondary N) is 1. The predicted octanol–water partition coefficient (Wildman–Crippen LogP) is 6.62. The minimum Gasteiger partial charge on any atom is -0.370 e. The lowest BCUT2D eigenvalue weighted by atomic mass is 10.0. The normalized spacial score (nSPS) is 11.8. The van der Waals surface area contributed by atoms with Crippen molar-refractivity contribution < 1.29 is 9.59 Å². The predicted molar refractivity (Wildman–Crippen MR) is 155 cm³/mol. The summed E-state index contributed by atoms with van der Waals surface area (Å²) in [5.41, 5.74) is 10.4. The van der Waals surface area contributed by atoms with Crippen LogP contribution in [-0.4, -0.2) is 26.6 Å². The van der Waals surface area contributed by atoms with Crippen LogP contribution in [0.15, 0.2) is 85.2 Å². The Labute approximate surface area is 239 Å². The molecule has 39 heavy (non-hydrogen) atoms. The fraction of sp³-hybridized carbons (Fsp3) is 0.103. The smallest absolute Gasteiger partial charge is 0.261 e. The van der Waals surface area contributed by atoms with E-state index in [1.54, 1.807) is 35.3 Å². The van der Waals surface area contributed by atoms with Gasteiger partial charge < -0.3 is 11.1 Å². The van der Waals surface area contributed by atoms with Crippen LogP contribution >= 0.6 is 34.5 Å². The second-order valence-corrected chi connectivity index (χ2v) is 10.8. The van der Waals surface area contributed by atoms with E-state index in [-0.39, 0.29) is 12.3 Å². The topological polar surface area (TPSA) is 103 Å². The zero-order valence-corrected chi connectivity index (χ0v) is 23.1. The van der Waals surface area contributed by atoms with Crippen molar-refractivity contribution >= 4 is 46.4 Å². The first-order valence-corrected chi connectivity index (χ1v) is 13.6. The van der Waals surface area contributed by atoms with E-state index < -0.39 is 11.9 Å². The SMILES string of the molecule is Cc1ccc([C@@H](CC(N)=O)NC(=O)c2ccc(-c3cc(-c4cccnc4)nn3-c3ccc(Cl)c(Cl)c3)s2)cc1. The molecule has 5 aromatic rings. The molecule has 0 fully saturated rings. The molecule has 0 aliphatic carbocycles. The van der Waals surface area contributed by atoms with Gasteiger partial charge in [0.2, 0.25) is 5.91 Å². The number of carbonyl (C=O) groups is 2. The Balaban J connectivity index is 1.49. The standard InChI is InChI=1S/C29H23Cl2N5O2S/c1-17-4-6-18(7-5-17)23(15-28(32)37)34-29(38)27-11-10-26(39-27)25-14-24(19-3-2-12-33-16-19)35-36(25)20-8-9-21(30)22(31)13-20/h2-14,16,23H,15H2,1H3,(H2,32,37)(H,34,38)/t23-/m1/s1. The van der Waals surface area contributed by atoms with Crippen LogP contribution in [0.3, 0.4) is 0 Å². The van der Waals surface area contributed by atoms with Gasteiger partial charge in [-0.2, -0.15) is 5.10 Å². The molecular weight excluding hydrogens is 553 g/mol. The number of primary amides is 1. The molecule has 0 aliphatic heterocycles. The van der Waals surface area contributed by atoms with Crippen LogP contribution in [0.5, 0.6) is 0 Å². The summed E-state index contributed by atoms with van der Waals surface area (Å²) in [5.74, 6) is -0.799. The Morgan fingerprint density at radius 1 is 1.03 bits per heavy atom. The first-order valence-electron chi connectivity index (χ1n) is 12.0. The minimum absolute atomic E-state index is 0.00833. The molecule has 0 saturated carbocycles. The number of halogens is 2. The Hall–Kier alpha value is -3.98. The monoisotopic (exact) mass is 575 g/mol. The molecule has 0 aliphatic rings. The van der Waals surface area contributed by atoms with Crippen molar-refractivity contribution in [2.75, 3.05) is 0 Å². The first kappa shape index (κ1) is 26.6. The Bertz CT molecular complexity index is 1650. The number of nitrogens with zero attached hydrogens (tertiary/aromatic N) is 3. The molecule has 0 radical (unpaired) electrons. The number of amides is 2. The lowest BCUT2D eigenvalue weighted by Gasteiger charge is -2.17. The van der Waals surface area contributed by atoms with Crippen LogP contribution in [0.4, 0.5) is 0 Å². The third-order valence-corrected chi connectivity index (χ3v) is 7.93. The van der Waals surface area contributed by atoms with E-state index >= 15 is 0 Å². The molecule has 2 aromatic carbocycles. The van der Waals surface area contributed by atoms with Gasteiger partial charge in [-0.15, -0.1) is 11.3 Å². The Morgan fingerprint density at radius 3 is 2.51 bits per heavy atom. The summed E-state index contributed by atoms with van der Waals surface area (Å²) >= 11 is 13.8. The molecule has 5 rings (SSSR count). The van der Waals surface area contributed by atoms with Gasteiger partial charge in [-0.3, -0.25) is 14.6 Å². The number of aromatic nitrogens is 3. The maximum absolute atomic E-state index is 13.3. The maximum atomic E-state index is 13.3. The number of thiophene rings is 1. The van der Waals surface area contributed by atoms with Crippen molar-refractivity contribution in [1.82, 2.24) is 20.1 Å². The van der Waals surface area contributed by atoms with E-state index in [0.717, 1.165) is 32.9 Å². The van der Waals surface area contributed by atoms with Crippen LogP contribution in [0, 0.1) is 6.92 Å². The number of carbonyl (C=O) groups excluding carboxylic acids is 2. The summed E-state index contributed by atoms with van der Waals surface area (Å²) in [6.45, 7) is 1.97. The second-order valence-electron chi connectivity index (χ2n) is 8.94. The van der Waals surface area contributed by atoms with E-state index in [2.05, 4.69) is 10.3 Å². The molecule has 3 heterocycles. The number of nitrogens with two attached hydrogens (primary N) is 1. The molecule has 1 atom stereocenters. The van der Waals surface area contributed by atoms with Gasteiger partial charge in [0, 0.05) is 18.0 Å². The fourth-order valence-electron chi connectivity index (χ4n) is 4.10. The highest BCUT2D eigenvalue weighted by atomic mass is 35.5. The summed E-state index contributed by atoms with van der Waals surface area (Å²) in [4.78, 5) is 30.5. The van der Waals surface area contributed by atoms with Gasteiger partial charge in [-0.25, -0.2) is 4.68 Å². The third-order valence-electron chi connectivity index (χ3n) is 6.09. The van der Waals surface area contributed by atoms with Crippen molar-refractivity contribution in [3.63, 3.8) is 0 Å². The average molecular weight is 577 g/mol. The Morgan fingerprint density at radius 2 is 1.82 bits per heavy atom. The van der Waals surface area contributed by atoms with Gasteiger partial charge in [0.15, 0.2) is 0 Å². The molecule has 0 spiro atoms. The highest BCUT2D eigenvalue weighted by Crippen LogP contribution is 2.35. The van der Waals surface area contributed by atoms with E-state index in [1.807, 2.05) is 61.5 Å². The quantitative estimate of drug-likeness (QED) is 0.217. The number of aryl methyl sites for hydroxylation is 1. The van der Waals surface area contributed by atoms with Crippen molar-refractivity contribution in [3.8, 4) is 27.5 Å². The molecule has 10 heteroatoms. The van der Waals surface area contributed by atoms with Gasteiger partial charge in [0.25, 0.3) is 5.91 Å². The zero-order valence-electron chi connectivity index (χ0n) is 20.8. The van der Waals surface area contributed by atoms with Crippen molar-refractivity contribution in [3.05, 3.63) is 111 Å². The number of hydrogen-bond donors (Lipinski definition) is 2. The van der Waals surface area contributed by atoms with Gasteiger partial charge in [-0.1, -0.05) is 53.0 Å². The molecule has 0 unspecified atom stereocenters. The molecule has 0 bridgehead atoms. The van der Waals surface area contributed by atoms with E-state index in [0.29, 0.717) is 20.6 Å². The Kier molecular flexibility index (Phi) is 7.79. The number of benzene rings is 2. The van der Waals surface area contributed by atoms with Crippen LogP contribution in [0.1, 0.15) is 33.3 Å². The van der Waals surface area contributed by atoms with E-state index in [9.17, 15) is 9.59 Å². The fourth-order valence-corrected chi connectivity index (χ4v) is 5.31. The number of pyridine rings is 1. The summed E-state index contributed by atoms with van der Waals surface area (Å²) in [7, 11) is 0. The van der Waals surface area contributed by atoms with Crippen molar-refractivity contribution in [2.45, 2.75) is 19.4 Å². The molecule has 3 N–H and O–H groups in total. The lowest BCUT2D eigenvalue weighted by molar-refractivity contribution is -0.118. The van der Waals surface area contributed by atoms with Crippen molar-refractivity contribution in [1.29, 1.82) is 0 Å². The van der Waals surface area contributed by atoms with Gasteiger partial charge in [-0.05, 0) is 61.0 Å². The third kappa shape index (κ3) is 6.04. The van der Waals surface area contributed by atoms with E-state index in [4.69, 9.17) is 34.0 Å². The molecule has 7 nitrogen and oxygen atoms in total. The molecule has 2 amide bonds. The summed E-state index contributed by atoms with van der Waals surface area (Å²) in [5, 5.41) is 8.62. The second kappa shape index (κ2) is 11.4. The maximum Gasteiger partial charge on any atom is 0.261 e. The van der Waals surface area contributed by atoms with Gasteiger partial charge in [0.1, 0.15) is 0 Å². The molecular formula is C29H23Cl2N5O2S. The highest BCUT2D eigenvalue weighted by molar-refractivity contribution is 7.17. The van der Waals surface area contributed by atoms with Crippen LogP contribution in [0.2, 0.25) is 10.0 Å². The summed E-state index contributed by atoms with van der Waals surface area (Å²) in [6, 6.07) is 21.7. The molecule has 0 saturated heterocycles. The number of rotatable bonds is 8. The average Bonchev–Trinajstić information content (AvgIpc) is 3.59. The minimum atomic E-state index is -0.542. The highest BCUT2D eigenvalue weighted by Gasteiger charge is 2.21. The zero-order chi connectivity index (χ0) is 27.5. The summed E-state index contributed by atoms with van der Waals surface area (Å²) in [6.07, 6.45) is 3.43. The van der Waals surface area contributed by atoms with Crippen LogP contribution in [0.25, 0.3) is 27.5 Å². The molecule has 3 aromatic heterocycles. The first-order chi connectivity index (χ1) is 18.8. The molecule has 196 valence electrons. The largest absolute Gasteiger partial charge is 0.370 e. The van der Waals surface area contributed by atoms with Crippen molar-refractivity contribution in [2.24, 2.45) is 5.73 Å². The van der Waals surface area contributed by atoms with Gasteiger partial charge >= 0.3 is 0 Å². The lowest BCUT2D eigenvalue weighted by Crippen LogP contribution is -2.31. The summed E-state index contributed by atoms with van der Waals surface area (Å²) < 4.78 is 1.76.